The van der Waals surface area contributed by atoms with Crippen molar-refractivity contribution in [3.05, 3.63) is 48.0 Å². The first-order valence-electron chi connectivity index (χ1n) is 7.51. The van der Waals surface area contributed by atoms with E-state index in [2.05, 4.69) is 14.8 Å². The molecular weight excluding hydrogens is 413 g/mol. The fourth-order valence-corrected chi connectivity index (χ4v) is 2.09. The fourth-order valence-electron chi connectivity index (χ4n) is 2.04. The van der Waals surface area contributed by atoms with E-state index < -0.39 is 30.0 Å². The van der Waals surface area contributed by atoms with Gasteiger partial charge in [0, 0.05) is 17.3 Å². The highest BCUT2D eigenvalue weighted by Crippen LogP contribution is 2.31. The van der Waals surface area contributed by atoms with Crippen LogP contribution in [0.5, 0.6) is 17.2 Å². The summed E-state index contributed by atoms with van der Waals surface area (Å²) in [6.45, 7) is -3.08. The lowest BCUT2D eigenvalue weighted by molar-refractivity contribution is -0.198. The number of carbonyl (C=O) groups is 1. The second-order valence-corrected chi connectivity index (χ2v) is 5.57. The van der Waals surface area contributed by atoms with Crippen LogP contribution in [0, 0.1) is 0 Å². The Morgan fingerprint density at radius 3 is 2.43 bits per heavy atom. The summed E-state index contributed by atoms with van der Waals surface area (Å²) in [5.41, 5.74) is -3.00. The van der Waals surface area contributed by atoms with E-state index in [-0.39, 0.29) is 22.7 Å². The van der Waals surface area contributed by atoms with Gasteiger partial charge in [0.15, 0.2) is 11.5 Å². The Morgan fingerprint density at radius 2 is 1.82 bits per heavy atom. The van der Waals surface area contributed by atoms with Crippen LogP contribution in [0.15, 0.2) is 42.5 Å². The summed E-state index contributed by atoms with van der Waals surface area (Å²) in [5, 5.41) is 2.39. The zero-order valence-corrected chi connectivity index (χ0v) is 14.9. The summed E-state index contributed by atoms with van der Waals surface area (Å²) >= 11 is 4.72. The maximum Gasteiger partial charge on any atom is 0.444 e. The molecular formula is C17H13ClF5NO4. The number of benzene rings is 2. The minimum absolute atomic E-state index is 0.0136. The molecule has 1 unspecified atom stereocenters. The van der Waals surface area contributed by atoms with E-state index in [1.165, 1.54) is 25.3 Å². The third-order valence-corrected chi connectivity index (χ3v) is 3.50. The van der Waals surface area contributed by atoms with Gasteiger partial charge in [0.05, 0.1) is 7.11 Å². The van der Waals surface area contributed by atoms with E-state index in [0.29, 0.717) is 0 Å². The number of amides is 1. The second-order valence-electron chi connectivity index (χ2n) is 5.19. The van der Waals surface area contributed by atoms with Crippen molar-refractivity contribution in [2.24, 2.45) is 0 Å². The van der Waals surface area contributed by atoms with Crippen molar-refractivity contribution in [2.75, 3.05) is 12.4 Å². The lowest BCUT2D eigenvalue weighted by Gasteiger charge is -2.18. The zero-order valence-electron chi connectivity index (χ0n) is 14.1. The van der Waals surface area contributed by atoms with Crippen molar-refractivity contribution in [3.8, 4) is 17.2 Å². The predicted molar refractivity (Wildman–Crippen MR) is 90.3 cm³/mol. The molecule has 0 saturated carbocycles. The SMILES string of the molecule is COc1cc(C(=O)Nc2cccc(OC(F)(F)C(F)Cl)c2)ccc1OC(F)F. The normalized spacial score (nSPS) is 12.4. The van der Waals surface area contributed by atoms with Gasteiger partial charge in [-0.1, -0.05) is 17.7 Å². The van der Waals surface area contributed by atoms with Gasteiger partial charge in [0.2, 0.25) is 0 Å². The van der Waals surface area contributed by atoms with Crippen LogP contribution in [-0.4, -0.2) is 31.4 Å². The molecule has 1 N–H and O–H groups in total. The Hall–Kier alpha value is -2.75. The highest BCUT2D eigenvalue weighted by Gasteiger charge is 2.42. The predicted octanol–water partition coefficient (Wildman–Crippen LogP) is 5.05. The van der Waals surface area contributed by atoms with Gasteiger partial charge in [-0.3, -0.25) is 4.79 Å². The lowest BCUT2D eigenvalue weighted by atomic mass is 10.2. The molecule has 28 heavy (non-hydrogen) atoms. The van der Waals surface area contributed by atoms with Crippen LogP contribution >= 0.6 is 11.6 Å². The number of carbonyl (C=O) groups excluding carboxylic acids is 1. The molecule has 2 aromatic rings. The van der Waals surface area contributed by atoms with E-state index in [4.69, 9.17) is 16.3 Å². The van der Waals surface area contributed by atoms with Crippen LogP contribution < -0.4 is 19.5 Å². The van der Waals surface area contributed by atoms with Gasteiger partial charge < -0.3 is 19.5 Å². The van der Waals surface area contributed by atoms with E-state index in [0.717, 1.165) is 24.3 Å². The first-order valence-corrected chi connectivity index (χ1v) is 7.95. The van der Waals surface area contributed by atoms with Crippen molar-refractivity contribution in [1.29, 1.82) is 0 Å². The van der Waals surface area contributed by atoms with Crippen LogP contribution in [0.25, 0.3) is 0 Å². The first kappa shape index (κ1) is 21.5. The Labute approximate surface area is 160 Å². The molecule has 0 aliphatic rings. The molecule has 0 spiro atoms. The Kier molecular flexibility index (Phi) is 6.90. The Bertz CT molecular complexity index is 835. The third-order valence-electron chi connectivity index (χ3n) is 3.24. The monoisotopic (exact) mass is 425 g/mol. The van der Waals surface area contributed by atoms with Gasteiger partial charge in [0.1, 0.15) is 5.75 Å². The summed E-state index contributed by atoms with van der Waals surface area (Å²) in [4.78, 5) is 12.3. The summed E-state index contributed by atoms with van der Waals surface area (Å²) in [6.07, 6.45) is -4.27. The summed E-state index contributed by atoms with van der Waals surface area (Å²) < 4.78 is 77.0. The second kappa shape index (κ2) is 8.96. The number of nitrogens with one attached hydrogen (secondary N) is 1. The molecule has 1 atom stereocenters. The third kappa shape index (κ3) is 5.62. The van der Waals surface area contributed by atoms with E-state index in [9.17, 15) is 26.7 Å². The molecule has 0 heterocycles. The maximum atomic E-state index is 13.2. The van der Waals surface area contributed by atoms with E-state index >= 15 is 0 Å². The fraction of sp³-hybridized carbons (Fsp3) is 0.235. The molecule has 0 saturated heterocycles. The number of halogens is 6. The van der Waals surface area contributed by atoms with Crippen LogP contribution in [0.1, 0.15) is 10.4 Å². The number of hydrogen-bond acceptors (Lipinski definition) is 4. The lowest BCUT2D eigenvalue weighted by Crippen LogP contribution is -2.32. The Morgan fingerprint density at radius 1 is 1.11 bits per heavy atom. The van der Waals surface area contributed by atoms with Crippen molar-refractivity contribution in [2.45, 2.75) is 18.4 Å². The molecule has 152 valence electrons. The highest BCUT2D eigenvalue weighted by molar-refractivity contribution is 6.20. The van der Waals surface area contributed by atoms with E-state index in [1.807, 2.05) is 0 Å². The summed E-state index contributed by atoms with van der Waals surface area (Å²) in [6, 6.07) is 8.25. The van der Waals surface area contributed by atoms with Crippen molar-refractivity contribution >= 4 is 23.2 Å². The average molecular weight is 426 g/mol. The molecule has 11 heteroatoms. The summed E-state index contributed by atoms with van der Waals surface area (Å²) in [5.74, 6) is -1.52. The van der Waals surface area contributed by atoms with Crippen LogP contribution in [0.3, 0.4) is 0 Å². The highest BCUT2D eigenvalue weighted by atomic mass is 35.5. The first-order chi connectivity index (χ1) is 13.1. The molecule has 2 aromatic carbocycles. The quantitative estimate of drug-likeness (QED) is 0.475. The standard InChI is InChI=1S/C17H13ClF5NO4/c1-26-13-7-9(5-6-12(13)27-16(20)21)14(25)24-10-3-2-4-11(8-10)28-17(22,23)15(18)19/h2-8,15-16H,1H3,(H,24,25). The van der Waals surface area contributed by atoms with Gasteiger partial charge in [-0.25, -0.2) is 4.39 Å². The smallest absolute Gasteiger partial charge is 0.444 e. The minimum Gasteiger partial charge on any atom is -0.493 e. The molecule has 0 aliphatic heterocycles. The number of ether oxygens (including phenoxy) is 3. The number of anilines is 1. The van der Waals surface area contributed by atoms with Crippen molar-refractivity contribution in [1.82, 2.24) is 0 Å². The van der Waals surface area contributed by atoms with Gasteiger partial charge in [-0.2, -0.15) is 17.6 Å². The maximum absolute atomic E-state index is 13.2. The number of alkyl halides is 6. The van der Waals surface area contributed by atoms with Gasteiger partial charge in [0.25, 0.3) is 11.5 Å². The zero-order chi connectivity index (χ0) is 20.9. The average Bonchev–Trinajstić information content (AvgIpc) is 2.61. The molecule has 1 amide bonds. The topological polar surface area (TPSA) is 56.8 Å². The number of methoxy groups -OCH3 is 1. The van der Waals surface area contributed by atoms with Crippen LogP contribution in [0.4, 0.5) is 27.6 Å². The van der Waals surface area contributed by atoms with Crippen LogP contribution in [0.2, 0.25) is 0 Å². The van der Waals surface area contributed by atoms with Gasteiger partial charge >= 0.3 is 12.7 Å². The van der Waals surface area contributed by atoms with E-state index in [1.54, 1.807) is 0 Å². The molecule has 0 aromatic heterocycles. The molecule has 5 nitrogen and oxygen atoms in total. The van der Waals surface area contributed by atoms with Crippen molar-refractivity contribution < 1.29 is 41.0 Å². The van der Waals surface area contributed by atoms with Crippen LogP contribution in [-0.2, 0) is 0 Å². The largest absolute Gasteiger partial charge is 0.493 e. The van der Waals surface area contributed by atoms with Crippen molar-refractivity contribution in [3.63, 3.8) is 0 Å². The van der Waals surface area contributed by atoms with Gasteiger partial charge in [-0.15, -0.1) is 0 Å². The molecule has 0 fully saturated rings. The number of hydrogen-bond donors (Lipinski definition) is 1. The molecule has 0 radical (unpaired) electrons. The number of rotatable bonds is 8. The molecule has 0 bridgehead atoms. The Balaban J connectivity index is 2.16. The summed E-state index contributed by atoms with van der Waals surface area (Å²) in [7, 11) is 1.20. The van der Waals surface area contributed by atoms with Gasteiger partial charge in [-0.05, 0) is 30.3 Å². The molecule has 0 aliphatic carbocycles. The minimum atomic E-state index is -4.27. The molecule has 2 rings (SSSR count).